The van der Waals surface area contributed by atoms with Gasteiger partial charge in [0.1, 0.15) is 0 Å². The minimum Gasteiger partial charge on any atom is -0.383 e. The highest BCUT2D eigenvalue weighted by Gasteiger charge is 2.10. The van der Waals surface area contributed by atoms with Gasteiger partial charge >= 0.3 is 0 Å². The van der Waals surface area contributed by atoms with Crippen LogP contribution in [-0.4, -0.2) is 25.4 Å². The number of rotatable bonds is 6. The van der Waals surface area contributed by atoms with E-state index in [2.05, 4.69) is 10.5 Å². The van der Waals surface area contributed by atoms with Gasteiger partial charge < -0.3 is 14.6 Å². The Kier molecular flexibility index (Phi) is 4.75. The Morgan fingerprint density at radius 1 is 1.44 bits per heavy atom. The van der Waals surface area contributed by atoms with E-state index in [1.165, 1.54) is 0 Å². The molecule has 0 bridgehead atoms. The summed E-state index contributed by atoms with van der Waals surface area (Å²) in [5.74, 6) is 0.752. The van der Waals surface area contributed by atoms with Gasteiger partial charge in [-0.05, 0) is 12.1 Å². The molecule has 0 spiro atoms. The maximum absolute atomic E-state index is 5.97. The fourth-order valence-corrected chi connectivity index (χ4v) is 1.84. The average molecular weight is 267 g/mol. The summed E-state index contributed by atoms with van der Waals surface area (Å²) in [4.78, 5) is 0. The number of benzene rings is 1. The van der Waals surface area contributed by atoms with Crippen LogP contribution in [0.15, 0.2) is 35.0 Å². The zero-order valence-corrected chi connectivity index (χ0v) is 10.9. The molecule has 2 rings (SSSR count). The van der Waals surface area contributed by atoms with E-state index in [9.17, 15) is 0 Å². The lowest BCUT2D eigenvalue weighted by Crippen LogP contribution is -2.18. The van der Waals surface area contributed by atoms with Crippen LogP contribution in [0.3, 0.4) is 0 Å². The summed E-state index contributed by atoms with van der Waals surface area (Å²) in [5, 5.41) is 7.78. The molecule has 1 aromatic carbocycles. The van der Waals surface area contributed by atoms with Crippen LogP contribution in [0, 0.1) is 0 Å². The number of nitrogens with one attached hydrogen (secondary N) is 1. The van der Waals surface area contributed by atoms with E-state index < -0.39 is 0 Å². The van der Waals surface area contributed by atoms with Gasteiger partial charge in [-0.25, -0.2) is 0 Å². The first kappa shape index (κ1) is 13.1. The average Bonchev–Trinajstić information content (AvgIpc) is 2.83. The van der Waals surface area contributed by atoms with E-state index in [-0.39, 0.29) is 0 Å². The molecule has 1 aromatic heterocycles. The summed E-state index contributed by atoms with van der Waals surface area (Å²) >= 11 is 5.97. The number of methoxy groups -OCH3 is 1. The van der Waals surface area contributed by atoms with E-state index >= 15 is 0 Å². The van der Waals surface area contributed by atoms with Crippen molar-refractivity contribution >= 4 is 11.6 Å². The van der Waals surface area contributed by atoms with Crippen molar-refractivity contribution in [3.63, 3.8) is 0 Å². The Labute approximate surface area is 111 Å². The summed E-state index contributed by atoms with van der Waals surface area (Å²) in [6.07, 6.45) is 1.72. The van der Waals surface area contributed by atoms with Crippen LogP contribution < -0.4 is 5.32 Å². The van der Waals surface area contributed by atoms with Crippen LogP contribution in [0.1, 0.15) is 5.56 Å². The number of hydrogen-bond donors (Lipinski definition) is 1. The van der Waals surface area contributed by atoms with Gasteiger partial charge in [0.05, 0.1) is 12.8 Å². The molecule has 1 heterocycles. The molecule has 0 fully saturated rings. The molecule has 0 atom stereocenters. The standard InChI is InChI=1S/C13H15ClN2O2/c1-17-6-5-15-8-11-9-16-18-13(11)10-3-2-4-12(14)7-10/h2-4,7,9,15H,5-6,8H2,1H3. The molecule has 0 unspecified atom stereocenters. The fraction of sp³-hybridized carbons (Fsp3) is 0.308. The summed E-state index contributed by atoms with van der Waals surface area (Å²) in [6, 6.07) is 7.53. The van der Waals surface area contributed by atoms with Crippen molar-refractivity contribution in [3.8, 4) is 11.3 Å². The fourth-order valence-electron chi connectivity index (χ4n) is 1.65. The van der Waals surface area contributed by atoms with Crippen molar-refractivity contribution in [3.05, 3.63) is 41.0 Å². The van der Waals surface area contributed by atoms with Gasteiger partial charge in [-0.2, -0.15) is 0 Å². The summed E-state index contributed by atoms with van der Waals surface area (Å²) < 4.78 is 10.3. The van der Waals surface area contributed by atoms with Gasteiger partial charge in [-0.15, -0.1) is 0 Å². The first-order valence-corrected chi connectivity index (χ1v) is 6.08. The molecule has 0 aliphatic rings. The second-order valence-electron chi connectivity index (χ2n) is 3.86. The van der Waals surface area contributed by atoms with Gasteiger partial charge in [0, 0.05) is 36.3 Å². The van der Waals surface area contributed by atoms with Crippen molar-refractivity contribution in [2.24, 2.45) is 0 Å². The molecule has 0 saturated carbocycles. The smallest absolute Gasteiger partial charge is 0.171 e. The third-order valence-corrected chi connectivity index (χ3v) is 2.76. The highest BCUT2D eigenvalue weighted by Crippen LogP contribution is 2.25. The predicted molar refractivity (Wildman–Crippen MR) is 70.5 cm³/mol. The van der Waals surface area contributed by atoms with E-state index in [1.54, 1.807) is 13.3 Å². The Hall–Kier alpha value is -1.36. The van der Waals surface area contributed by atoms with Crippen LogP contribution >= 0.6 is 11.6 Å². The van der Waals surface area contributed by atoms with Crippen LogP contribution in [0.5, 0.6) is 0 Å². The van der Waals surface area contributed by atoms with E-state index in [4.69, 9.17) is 20.9 Å². The molecule has 18 heavy (non-hydrogen) atoms. The van der Waals surface area contributed by atoms with Crippen molar-refractivity contribution < 1.29 is 9.26 Å². The summed E-state index contributed by atoms with van der Waals surface area (Å²) in [6.45, 7) is 2.16. The van der Waals surface area contributed by atoms with Crippen LogP contribution in [0.2, 0.25) is 5.02 Å². The monoisotopic (exact) mass is 266 g/mol. The van der Waals surface area contributed by atoms with E-state index in [1.807, 2.05) is 24.3 Å². The maximum Gasteiger partial charge on any atom is 0.171 e. The van der Waals surface area contributed by atoms with E-state index in [0.717, 1.165) is 23.4 Å². The molecule has 0 saturated heterocycles. The summed E-state index contributed by atoms with van der Waals surface area (Å²) in [7, 11) is 1.68. The van der Waals surface area contributed by atoms with Gasteiger partial charge in [-0.3, -0.25) is 0 Å². The Morgan fingerprint density at radius 2 is 2.33 bits per heavy atom. The second kappa shape index (κ2) is 6.54. The molecule has 0 aliphatic heterocycles. The molecule has 0 amide bonds. The zero-order valence-electron chi connectivity index (χ0n) is 10.1. The maximum atomic E-state index is 5.97. The highest BCUT2D eigenvalue weighted by molar-refractivity contribution is 6.30. The Bertz CT molecular complexity index is 499. The Balaban J connectivity index is 2.08. The first-order valence-electron chi connectivity index (χ1n) is 5.70. The van der Waals surface area contributed by atoms with Crippen molar-refractivity contribution in [2.75, 3.05) is 20.3 Å². The second-order valence-corrected chi connectivity index (χ2v) is 4.30. The predicted octanol–water partition coefficient (Wildman–Crippen LogP) is 2.73. The number of halogens is 1. The number of aromatic nitrogens is 1. The zero-order chi connectivity index (χ0) is 12.8. The topological polar surface area (TPSA) is 47.3 Å². The molecule has 4 nitrogen and oxygen atoms in total. The van der Waals surface area contributed by atoms with Crippen LogP contribution in [0.25, 0.3) is 11.3 Å². The third-order valence-electron chi connectivity index (χ3n) is 2.53. The largest absolute Gasteiger partial charge is 0.383 e. The molecule has 1 N–H and O–H groups in total. The first-order chi connectivity index (χ1) is 8.81. The van der Waals surface area contributed by atoms with Gasteiger partial charge in [-0.1, -0.05) is 28.9 Å². The van der Waals surface area contributed by atoms with Gasteiger partial charge in [0.2, 0.25) is 0 Å². The quantitative estimate of drug-likeness (QED) is 0.817. The molecule has 5 heteroatoms. The number of hydrogen-bond acceptors (Lipinski definition) is 4. The lowest BCUT2D eigenvalue weighted by molar-refractivity contribution is 0.199. The molecule has 0 radical (unpaired) electrons. The Morgan fingerprint density at radius 3 is 3.11 bits per heavy atom. The molecular weight excluding hydrogens is 252 g/mol. The lowest BCUT2D eigenvalue weighted by atomic mass is 10.1. The SMILES string of the molecule is COCCNCc1cnoc1-c1cccc(Cl)c1. The summed E-state index contributed by atoms with van der Waals surface area (Å²) in [5.41, 5.74) is 1.94. The third kappa shape index (κ3) is 3.32. The molecular formula is C13H15ClN2O2. The lowest BCUT2D eigenvalue weighted by Gasteiger charge is -2.04. The number of ether oxygens (including phenoxy) is 1. The number of nitrogens with zero attached hydrogens (tertiary/aromatic N) is 1. The van der Waals surface area contributed by atoms with Crippen LogP contribution in [-0.2, 0) is 11.3 Å². The highest BCUT2D eigenvalue weighted by atomic mass is 35.5. The minimum atomic E-state index is 0.678. The van der Waals surface area contributed by atoms with Crippen LogP contribution in [0.4, 0.5) is 0 Å². The van der Waals surface area contributed by atoms with Gasteiger partial charge in [0.15, 0.2) is 5.76 Å². The van der Waals surface area contributed by atoms with Gasteiger partial charge in [0.25, 0.3) is 0 Å². The normalized spacial score (nSPS) is 10.8. The molecule has 2 aromatic rings. The molecule has 96 valence electrons. The van der Waals surface area contributed by atoms with Crippen molar-refractivity contribution in [2.45, 2.75) is 6.54 Å². The van der Waals surface area contributed by atoms with Crippen molar-refractivity contribution in [1.29, 1.82) is 0 Å². The molecule has 0 aliphatic carbocycles. The van der Waals surface area contributed by atoms with E-state index in [0.29, 0.717) is 18.2 Å². The van der Waals surface area contributed by atoms with Crippen molar-refractivity contribution in [1.82, 2.24) is 10.5 Å². The minimum absolute atomic E-state index is 0.678.